The van der Waals surface area contributed by atoms with Gasteiger partial charge in [-0.25, -0.2) is 4.99 Å². The maximum Gasteiger partial charge on any atom is 0.137 e. The third-order valence-corrected chi connectivity index (χ3v) is 4.81. The molecule has 1 atom stereocenters. The molecule has 1 fully saturated rings. The van der Waals surface area contributed by atoms with Crippen LogP contribution in [0.25, 0.3) is 0 Å². The standard InChI is InChI=1S/C19H28N6/c1-3-4-17-13-25(23-14-22-19(17)20)15(2)16-5-7-18(8-6-16)24-11-9-21-10-12-24/h4-8,14-15,21H,3,9-13H2,1-2H3,(H2,20,22,23)/b17-4+. The largest absolute Gasteiger partial charge is 0.383 e. The van der Waals surface area contributed by atoms with Gasteiger partial charge in [-0.2, -0.15) is 5.10 Å². The Morgan fingerprint density at radius 3 is 2.64 bits per heavy atom. The number of allylic oxidation sites excluding steroid dienone is 1. The number of hydrogen-bond acceptors (Lipinski definition) is 6. The van der Waals surface area contributed by atoms with Crippen LogP contribution in [0.1, 0.15) is 31.9 Å². The van der Waals surface area contributed by atoms with Crippen LogP contribution >= 0.6 is 0 Å². The number of hydrazone groups is 1. The molecule has 6 nitrogen and oxygen atoms in total. The highest BCUT2D eigenvalue weighted by molar-refractivity contribution is 6.01. The number of rotatable bonds is 4. The van der Waals surface area contributed by atoms with Crippen LogP contribution in [-0.4, -0.2) is 49.9 Å². The molecule has 134 valence electrons. The molecule has 1 saturated heterocycles. The number of aliphatic imine (C=N–C) groups is 1. The molecular formula is C19H28N6. The van der Waals surface area contributed by atoms with Crippen molar-refractivity contribution < 1.29 is 0 Å². The van der Waals surface area contributed by atoms with Crippen LogP contribution in [0.5, 0.6) is 0 Å². The lowest BCUT2D eigenvalue weighted by Gasteiger charge is -2.30. The highest BCUT2D eigenvalue weighted by Crippen LogP contribution is 2.25. The normalized spacial score (nSPS) is 21.2. The van der Waals surface area contributed by atoms with Gasteiger partial charge in [0.25, 0.3) is 0 Å². The van der Waals surface area contributed by atoms with Gasteiger partial charge in [-0.05, 0) is 31.0 Å². The van der Waals surface area contributed by atoms with Gasteiger partial charge in [-0.1, -0.05) is 25.1 Å². The van der Waals surface area contributed by atoms with Crippen molar-refractivity contribution in [2.45, 2.75) is 26.3 Å². The fraction of sp³-hybridized carbons (Fsp3) is 0.474. The second-order valence-electron chi connectivity index (χ2n) is 6.49. The maximum atomic E-state index is 6.02. The second kappa shape index (κ2) is 8.16. The number of nitrogens with two attached hydrogens (primary N) is 1. The van der Waals surface area contributed by atoms with Gasteiger partial charge in [0.15, 0.2) is 0 Å². The molecule has 1 unspecified atom stereocenters. The first-order valence-corrected chi connectivity index (χ1v) is 9.06. The van der Waals surface area contributed by atoms with Crippen molar-refractivity contribution in [1.82, 2.24) is 10.3 Å². The van der Waals surface area contributed by atoms with Gasteiger partial charge in [0.2, 0.25) is 0 Å². The quantitative estimate of drug-likeness (QED) is 0.881. The molecule has 1 aromatic rings. The highest BCUT2D eigenvalue weighted by atomic mass is 15.5. The molecule has 2 aliphatic heterocycles. The molecular weight excluding hydrogens is 312 g/mol. The number of amidine groups is 1. The molecule has 0 aliphatic carbocycles. The number of piperazine rings is 1. The van der Waals surface area contributed by atoms with Crippen LogP contribution in [0.15, 0.2) is 46.0 Å². The zero-order valence-electron chi connectivity index (χ0n) is 15.2. The van der Waals surface area contributed by atoms with Gasteiger partial charge >= 0.3 is 0 Å². The van der Waals surface area contributed by atoms with Gasteiger partial charge in [0, 0.05) is 37.4 Å². The minimum Gasteiger partial charge on any atom is -0.383 e. The van der Waals surface area contributed by atoms with Gasteiger partial charge in [-0.15, -0.1) is 0 Å². The Morgan fingerprint density at radius 1 is 1.24 bits per heavy atom. The lowest BCUT2D eigenvalue weighted by molar-refractivity contribution is 0.245. The number of nitrogens with one attached hydrogen (secondary N) is 1. The summed E-state index contributed by atoms with van der Waals surface area (Å²) in [7, 11) is 0. The van der Waals surface area contributed by atoms with Crippen molar-refractivity contribution in [3.63, 3.8) is 0 Å². The molecule has 0 amide bonds. The lowest BCUT2D eigenvalue weighted by atomic mass is 10.1. The molecule has 0 bridgehead atoms. The molecule has 3 N–H and O–H groups in total. The molecule has 2 aliphatic rings. The van der Waals surface area contributed by atoms with E-state index in [2.05, 4.69) is 64.5 Å². The van der Waals surface area contributed by atoms with Crippen molar-refractivity contribution in [3.05, 3.63) is 41.5 Å². The molecule has 2 heterocycles. The summed E-state index contributed by atoms with van der Waals surface area (Å²) >= 11 is 0. The number of nitrogens with zero attached hydrogens (tertiary/aromatic N) is 4. The zero-order chi connectivity index (χ0) is 17.6. The number of hydrogen-bond donors (Lipinski definition) is 2. The summed E-state index contributed by atoms with van der Waals surface area (Å²) in [5.41, 5.74) is 9.60. The average Bonchev–Trinajstić information content (AvgIpc) is 2.84. The van der Waals surface area contributed by atoms with E-state index in [1.165, 1.54) is 11.3 Å². The van der Waals surface area contributed by atoms with E-state index >= 15 is 0 Å². The van der Waals surface area contributed by atoms with Crippen LogP contribution in [-0.2, 0) is 0 Å². The van der Waals surface area contributed by atoms with Gasteiger partial charge in [0.05, 0.1) is 12.6 Å². The minimum atomic E-state index is 0.162. The van der Waals surface area contributed by atoms with Crippen LogP contribution < -0.4 is 16.0 Å². The molecule has 0 spiro atoms. The summed E-state index contributed by atoms with van der Waals surface area (Å²) in [6.07, 6.45) is 4.62. The third-order valence-electron chi connectivity index (χ3n) is 4.81. The van der Waals surface area contributed by atoms with E-state index in [0.29, 0.717) is 12.4 Å². The van der Waals surface area contributed by atoms with E-state index in [1.807, 2.05) is 5.01 Å². The number of benzene rings is 1. The Hall–Kier alpha value is -2.34. The molecule has 0 radical (unpaired) electrons. The molecule has 0 aromatic heterocycles. The van der Waals surface area contributed by atoms with Crippen molar-refractivity contribution >= 4 is 17.9 Å². The topological polar surface area (TPSA) is 69.2 Å². The Morgan fingerprint density at radius 2 is 1.96 bits per heavy atom. The monoisotopic (exact) mass is 340 g/mol. The van der Waals surface area contributed by atoms with Crippen LogP contribution in [0.2, 0.25) is 0 Å². The van der Waals surface area contributed by atoms with E-state index in [0.717, 1.165) is 38.2 Å². The third kappa shape index (κ3) is 4.20. The van der Waals surface area contributed by atoms with Gasteiger partial charge in [0.1, 0.15) is 12.2 Å². The Bertz CT molecular complexity index is 655. The number of anilines is 1. The van der Waals surface area contributed by atoms with Crippen molar-refractivity contribution in [2.24, 2.45) is 15.8 Å². The maximum absolute atomic E-state index is 6.02. The average molecular weight is 340 g/mol. The fourth-order valence-electron chi connectivity index (χ4n) is 3.24. The molecule has 3 rings (SSSR count). The van der Waals surface area contributed by atoms with Gasteiger partial charge in [-0.3, -0.25) is 5.01 Å². The summed E-state index contributed by atoms with van der Waals surface area (Å²) in [6.45, 7) is 9.18. The molecule has 6 heteroatoms. The predicted molar refractivity (Wildman–Crippen MR) is 105 cm³/mol. The highest BCUT2D eigenvalue weighted by Gasteiger charge is 2.19. The minimum absolute atomic E-state index is 0.162. The smallest absolute Gasteiger partial charge is 0.137 e. The van der Waals surface area contributed by atoms with E-state index in [1.54, 1.807) is 6.34 Å². The summed E-state index contributed by atoms with van der Waals surface area (Å²) in [6, 6.07) is 9.00. The predicted octanol–water partition coefficient (Wildman–Crippen LogP) is 2.11. The van der Waals surface area contributed by atoms with E-state index in [4.69, 9.17) is 5.73 Å². The van der Waals surface area contributed by atoms with Crippen molar-refractivity contribution in [2.75, 3.05) is 37.6 Å². The van der Waals surface area contributed by atoms with E-state index < -0.39 is 0 Å². The Balaban J connectivity index is 1.71. The Labute approximate surface area is 150 Å². The van der Waals surface area contributed by atoms with Crippen LogP contribution in [0.4, 0.5) is 5.69 Å². The van der Waals surface area contributed by atoms with Crippen molar-refractivity contribution in [3.8, 4) is 0 Å². The summed E-state index contributed by atoms with van der Waals surface area (Å²) < 4.78 is 0. The molecule has 1 aromatic carbocycles. The Kier molecular flexibility index (Phi) is 5.71. The van der Waals surface area contributed by atoms with E-state index in [9.17, 15) is 0 Å². The summed E-state index contributed by atoms with van der Waals surface area (Å²) in [4.78, 5) is 6.63. The van der Waals surface area contributed by atoms with Crippen molar-refractivity contribution in [1.29, 1.82) is 0 Å². The van der Waals surface area contributed by atoms with Gasteiger partial charge < -0.3 is 16.0 Å². The summed E-state index contributed by atoms with van der Waals surface area (Å²) in [5, 5.41) is 9.91. The van der Waals surface area contributed by atoms with Crippen LogP contribution in [0, 0.1) is 0 Å². The fourth-order valence-corrected chi connectivity index (χ4v) is 3.24. The SMILES string of the molecule is CC/C=C1\CN(C(C)c2ccc(N3CCNCC3)cc2)N=CN=C1N. The molecule has 0 saturated carbocycles. The van der Waals surface area contributed by atoms with E-state index in [-0.39, 0.29) is 6.04 Å². The first-order chi connectivity index (χ1) is 12.2. The first-order valence-electron chi connectivity index (χ1n) is 9.06. The molecule has 25 heavy (non-hydrogen) atoms. The zero-order valence-corrected chi connectivity index (χ0v) is 15.2. The second-order valence-corrected chi connectivity index (χ2v) is 6.49. The lowest BCUT2D eigenvalue weighted by Crippen LogP contribution is -2.43. The van der Waals surface area contributed by atoms with Crippen LogP contribution in [0.3, 0.4) is 0 Å². The first kappa shape index (κ1) is 17.5. The summed E-state index contributed by atoms with van der Waals surface area (Å²) in [5.74, 6) is 0.564.